The largest absolute Gasteiger partial charge is 0.475 e. The van der Waals surface area contributed by atoms with Crippen LogP contribution >= 0.6 is 0 Å². The summed E-state index contributed by atoms with van der Waals surface area (Å²) in [6.07, 6.45) is 0.873. The highest BCUT2D eigenvalue weighted by atomic mass is 19.1. The van der Waals surface area contributed by atoms with Crippen LogP contribution < -0.4 is 10.5 Å². The Bertz CT molecular complexity index is 381. The average Bonchev–Trinajstić information content (AvgIpc) is 2.74. The molecule has 1 fully saturated rings. The standard InChI is InChI=1S/C10H12F2N2O2/c11-7-3-8(12)10(14-9(7)13)16-5-6-1-2-15-4-6/h3,6H,1-2,4-5H2,(H2,13,14). The summed E-state index contributed by atoms with van der Waals surface area (Å²) in [6.45, 7) is 1.59. The molecule has 1 saturated heterocycles. The summed E-state index contributed by atoms with van der Waals surface area (Å²) in [6, 6.07) is 0.669. The van der Waals surface area contributed by atoms with Crippen LogP contribution in [0.2, 0.25) is 0 Å². The van der Waals surface area contributed by atoms with Gasteiger partial charge in [-0.2, -0.15) is 4.98 Å². The first-order valence-electron chi connectivity index (χ1n) is 4.99. The van der Waals surface area contributed by atoms with E-state index in [1.54, 1.807) is 0 Å². The Morgan fingerprint density at radius 3 is 3.00 bits per heavy atom. The van der Waals surface area contributed by atoms with E-state index in [-0.39, 0.29) is 17.6 Å². The molecule has 0 aromatic carbocycles. The number of pyridine rings is 1. The summed E-state index contributed by atoms with van der Waals surface area (Å²) < 4.78 is 36.3. The zero-order valence-corrected chi connectivity index (χ0v) is 8.58. The lowest BCUT2D eigenvalue weighted by molar-refractivity contribution is 0.163. The van der Waals surface area contributed by atoms with E-state index in [0.717, 1.165) is 6.42 Å². The molecule has 1 aromatic rings. The van der Waals surface area contributed by atoms with Crippen molar-refractivity contribution in [2.24, 2.45) is 5.92 Å². The zero-order chi connectivity index (χ0) is 11.5. The summed E-state index contributed by atoms with van der Waals surface area (Å²) in [5.41, 5.74) is 5.22. The number of ether oxygens (including phenoxy) is 2. The van der Waals surface area contributed by atoms with E-state index in [1.165, 1.54) is 0 Å². The molecule has 1 aliphatic rings. The van der Waals surface area contributed by atoms with Gasteiger partial charge in [-0.25, -0.2) is 8.78 Å². The first kappa shape index (κ1) is 11.1. The Hall–Kier alpha value is -1.43. The fourth-order valence-corrected chi connectivity index (χ4v) is 1.48. The third-order valence-corrected chi connectivity index (χ3v) is 2.40. The molecule has 0 radical (unpaired) electrons. The molecule has 0 amide bonds. The van der Waals surface area contributed by atoms with Crippen molar-refractivity contribution in [3.05, 3.63) is 17.7 Å². The maximum Gasteiger partial charge on any atom is 0.252 e. The minimum Gasteiger partial charge on any atom is -0.475 e. The molecule has 1 aliphatic heterocycles. The monoisotopic (exact) mass is 230 g/mol. The smallest absolute Gasteiger partial charge is 0.252 e. The Labute approximate surface area is 91.4 Å². The van der Waals surface area contributed by atoms with Crippen molar-refractivity contribution in [3.63, 3.8) is 0 Å². The number of nitrogens with two attached hydrogens (primary N) is 1. The van der Waals surface area contributed by atoms with Crippen LogP contribution in [0.4, 0.5) is 14.6 Å². The minimum absolute atomic E-state index is 0.229. The molecule has 1 aromatic heterocycles. The van der Waals surface area contributed by atoms with Crippen molar-refractivity contribution in [1.29, 1.82) is 0 Å². The van der Waals surface area contributed by atoms with Crippen LogP contribution in [0, 0.1) is 17.6 Å². The molecule has 0 bridgehead atoms. The lowest BCUT2D eigenvalue weighted by Crippen LogP contribution is -2.13. The Morgan fingerprint density at radius 1 is 1.50 bits per heavy atom. The van der Waals surface area contributed by atoms with Crippen LogP contribution in [0.5, 0.6) is 5.88 Å². The van der Waals surface area contributed by atoms with Crippen LogP contribution in [0.25, 0.3) is 0 Å². The molecule has 1 atom stereocenters. The summed E-state index contributed by atoms with van der Waals surface area (Å²) in [5, 5.41) is 0. The molecular formula is C10H12F2N2O2. The fraction of sp³-hybridized carbons (Fsp3) is 0.500. The Morgan fingerprint density at radius 2 is 2.31 bits per heavy atom. The van der Waals surface area contributed by atoms with Gasteiger partial charge in [0, 0.05) is 18.6 Å². The second-order valence-corrected chi connectivity index (χ2v) is 3.68. The van der Waals surface area contributed by atoms with Gasteiger partial charge < -0.3 is 15.2 Å². The van der Waals surface area contributed by atoms with E-state index in [0.29, 0.717) is 25.9 Å². The molecule has 1 unspecified atom stereocenters. The van der Waals surface area contributed by atoms with Gasteiger partial charge in [0.2, 0.25) is 0 Å². The van der Waals surface area contributed by atoms with Gasteiger partial charge in [0.15, 0.2) is 17.5 Å². The van der Waals surface area contributed by atoms with Gasteiger partial charge in [-0.3, -0.25) is 0 Å². The molecule has 0 saturated carbocycles. The topological polar surface area (TPSA) is 57.4 Å². The van der Waals surface area contributed by atoms with Crippen LogP contribution in [-0.4, -0.2) is 24.8 Å². The minimum atomic E-state index is -0.881. The number of aromatic nitrogens is 1. The molecule has 4 nitrogen and oxygen atoms in total. The second kappa shape index (κ2) is 4.61. The first-order valence-corrected chi connectivity index (χ1v) is 4.99. The van der Waals surface area contributed by atoms with E-state index in [4.69, 9.17) is 15.2 Å². The molecule has 88 valence electrons. The number of nitrogen functional groups attached to an aromatic ring is 1. The van der Waals surface area contributed by atoms with Crippen LogP contribution in [0.3, 0.4) is 0 Å². The van der Waals surface area contributed by atoms with Crippen molar-refractivity contribution >= 4 is 5.82 Å². The zero-order valence-electron chi connectivity index (χ0n) is 8.58. The number of rotatable bonds is 3. The summed E-state index contributed by atoms with van der Waals surface area (Å²) >= 11 is 0. The highest BCUT2D eigenvalue weighted by Gasteiger charge is 2.18. The molecular weight excluding hydrogens is 218 g/mol. The van der Waals surface area contributed by atoms with E-state index in [2.05, 4.69) is 4.98 Å². The number of hydrogen-bond donors (Lipinski definition) is 1. The quantitative estimate of drug-likeness (QED) is 0.851. The first-order chi connectivity index (χ1) is 7.66. The van der Waals surface area contributed by atoms with Gasteiger partial charge in [0.25, 0.3) is 5.88 Å². The van der Waals surface area contributed by atoms with Gasteiger partial charge in [-0.05, 0) is 6.42 Å². The van der Waals surface area contributed by atoms with E-state index < -0.39 is 11.6 Å². The Kier molecular flexibility index (Phi) is 3.19. The van der Waals surface area contributed by atoms with Crippen molar-refractivity contribution in [2.75, 3.05) is 25.6 Å². The SMILES string of the molecule is Nc1nc(OCC2CCOC2)c(F)cc1F. The van der Waals surface area contributed by atoms with Crippen LogP contribution in [0.1, 0.15) is 6.42 Å². The fourth-order valence-electron chi connectivity index (χ4n) is 1.48. The van der Waals surface area contributed by atoms with E-state index in [9.17, 15) is 8.78 Å². The number of anilines is 1. The van der Waals surface area contributed by atoms with Crippen molar-refractivity contribution in [3.8, 4) is 5.88 Å². The predicted molar refractivity (Wildman–Crippen MR) is 53.0 cm³/mol. The van der Waals surface area contributed by atoms with Crippen molar-refractivity contribution < 1.29 is 18.3 Å². The van der Waals surface area contributed by atoms with E-state index in [1.807, 2.05) is 0 Å². The maximum atomic E-state index is 13.2. The van der Waals surface area contributed by atoms with Gasteiger partial charge in [0.05, 0.1) is 13.2 Å². The molecule has 2 heterocycles. The lowest BCUT2D eigenvalue weighted by Gasteiger charge is -2.10. The highest BCUT2D eigenvalue weighted by Crippen LogP contribution is 2.20. The highest BCUT2D eigenvalue weighted by molar-refractivity contribution is 5.34. The number of nitrogens with zero attached hydrogens (tertiary/aromatic N) is 1. The summed E-state index contributed by atoms with van der Waals surface area (Å²) in [4.78, 5) is 3.50. The maximum absolute atomic E-state index is 13.2. The average molecular weight is 230 g/mol. The molecule has 16 heavy (non-hydrogen) atoms. The molecule has 2 rings (SSSR count). The predicted octanol–water partition coefficient (Wildman–Crippen LogP) is 1.36. The molecule has 2 N–H and O–H groups in total. The normalized spacial score (nSPS) is 20.0. The van der Waals surface area contributed by atoms with Gasteiger partial charge in [-0.1, -0.05) is 0 Å². The number of hydrogen-bond acceptors (Lipinski definition) is 4. The van der Waals surface area contributed by atoms with Gasteiger partial charge in [0.1, 0.15) is 0 Å². The van der Waals surface area contributed by atoms with Crippen LogP contribution in [0.15, 0.2) is 6.07 Å². The Balaban J connectivity index is 2.00. The third-order valence-electron chi connectivity index (χ3n) is 2.40. The van der Waals surface area contributed by atoms with E-state index >= 15 is 0 Å². The van der Waals surface area contributed by atoms with Gasteiger partial charge in [-0.15, -0.1) is 0 Å². The second-order valence-electron chi connectivity index (χ2n) is 3.68. The third kappa shape index (κ3) is 2.38. The lowest BCUT2D eigenvalue weighted by atomic mass is 10.1. The summed E-state index contributed by atoms with van der Waals surface area (Å²) in [5.74, 6) is -2.11. The molecule has 0 aliphatic carbocycles. The number of halogens is 2. The van der Waals surface area contributed by atoms with Crippen molar-refractivity contribution in [2.45, 2.75) is 6.42 Å². The molecule has 0 spiro atoms. The van der Waals surface area contributed by atoms with Gasteiger partial charge >= 0.3 is 0 Å². The van der Waals surface area contributed by atoms with Crippen LogP contribution in [-0.2, 0) is 4.74 Å². The summed E-state index contributed by atoms with van der Waals surface area (Å²) in [7, 11) is 0. The molecule has 6 heteroatoms. The van der Waals surface area contributed by atoms with Crippen molar-refractivity contribution in [1.82, 2.24) is 4.98 Å².